The molecule has 0 aliphatic carbocycles. The summed E-state index contributed by atoms with van der Waals surface area (Å²) in [4.78, 5) is 4.52. The molecule has 0 fully saturated rings. The predicted octanol–water partition coefficient (Wildman–Crippen LogP) is 4.27. The van der Waals surface area contributed by atoms with Gasteiger partial charge in [-0.3, -0.25) is 10.2 Å². The molecule has 0 atom stereocenters. The van der Waals surface area contributed by atoms with Crippen molar-refractivity contribution in [3.8, 4) is 22.6 Å². The van der Waals surface area contributed by atoms with E-state index in [1.54, 1.807) is 12.1 Å². The van der Waals surface area contributed by atoms with Crippen molar-refractivity contribution in [1.29, 1.82) is 0 Å². The zero-order valence-electron chi connectivity index (χ0n) is 13.7. The van der Waals surface area contributed by atoms with Crippen LogP contribution in [0, 0.1) is 5.82 Å². The molecule has 2 heterocycles. The molecule has 0 bridgehead atoms. The van der Waals surface area contributed by atoms with E-state index in [4.69, 9.17) is 0 Å². The van der Waals surface area contributed by atoms with Crippen molar-refractivity contribution in [2.24, 2.45) is 0 Å². The minimum Gasteiger partial charge on any atom is -0.277 e. The Kier molecular flexibility index (Phi) is 3.65. The Bertz CT molecular complexity index is 1060. The van der Waals surface area contributed by atoms with Gasteiger partial charge in [0.1, 0.15) is 11.6 Å². The molecule has 0 aliphatic rings. The van der Waals surface area contributed by atoms with Gasteiger partial charge in [0.25, 0.3) is 0 Å². The molecule has 0 spiro atoms. The maximum atomic E-state index is 13.2. The lowest BCUT2D eigenvalue weighted by atomic mass is 10.1. The molecule has 0 saturated carbocycles. The van der Waals surface area contributed by atoms with E-state index in [2.05, 4.69) is 32.0 Å². The van der Waals surface area contributed by atoms with Crippen molar-refractivity contribution in [3.63, 3.8) is 0 Å². The van der Waals surface area contributed by atoms with E-state index >= 15 is 0 Å². The number of nitrogens with zero attached hydrogens (tertiary/aromatic N) is 3. The zero-order chi connectivity index (χ0) is 17.4. The maximum absolute atomic E-state index is 13.2. The Hall–Kier alpha value is -3.28. The highest BCUT2D eigenvalue weighted by atomic mass is 19.1. The lowest BCUT2D eigenvalue weighted by Crippen LogP contribution is -1.88. The van der Waals surface area contributed by atoms with Crippen LogP contribution in [0.4, 0.5) is 4.39 Å². The van der Waals surface area contributed by atoms with E-state index in [1.807, 2.05) is 25.1 Å². The third kappa shape index (κ3) is 2.94. The van der Waals surface area contributed by atoms with Crippen LogP contribution in [0.1, 0.15) is 12.7 Å². The van der Waals surface area contributed by atoms with Crippen LogP contribution in [0.2, 0.25) is 0 Å². The number of rotatable bonds is 4. The predicted molar refractivity (Wildman–Crippen MR) is 95.4 cm³/mol. The van der Waals surface area contributed by atoms with E-state index in [9.17, 15) is 4.39 Å². The highest BCUT2D eigenvalue weighted by Gasteiger charge is 2.12. The Balaban J connectivity index is 1.76. The van der Waals surface area contributed by atoms with Gasteiger partial charge in [-0.15, -0.1) is 0 Å². The first-order chi connectivity index (χ1) is 12.1. The second-order valence-corrected chi connectivity index (χ2v) is 6.08. The van der Waals surface area contributed by atoms with Gasteiger partial charge in [-0.05, 0) is 49.4 Å². The van der Waals surface area contributed by atoms with Crippen LogP contribution >= 0.6 is 0 Å². The molecule has 0 amide bonds. The van der Waals surface area contributed by atoms with Gasteiger partial charge in [0.15, 0.2) is 5.82 Å². The fourth-order valence-electron chi connectivity index (χ4n) is 2.77. The monoisotopic (exact) mass is 333 g/mol. The number of hydrogen-bond donors (Lipinski definition) is 2. The number of fused-ring (bicyclic) bond motifs is 1. The Labute approximate surface area is 143 Å². The zero-order valence-corrected chi connectivity index (χ0v) is 13.7. The van der Waals surface area contributed by atoms with Crippen molar-refractivity contribution >= 4 is 10.9 Å². The van der Waals surface area contributed by atoms with Crippen molar-refractivity contribution < 1.29 is 4.39 Å². The molecule has 0 aliphatic heterocycles. The summed E-state index contributed by atoms with van der Waals surface area (Å²) in [6.45, 7) is 5.84. The summed E-state index contributed by atoms with van der Waals surface area (Å²) in [5.74, 6) is 1.15. The van der Waals surface area contributed by atoms with E-state index in [1.165, 1.54) is 12.1 Å². The van der Waals surface area contributed by atoms with Crippen LogP contribution in [0.15, 0.2) is 54.6 Å². The van der Waals surface area contributed by atoms with Gasteiger partial charge in [-0.2, -0.15) is 10.2 Å². The molecule has 2 aromatic heterocycles. The Morgan fingerprint density at radius 2 is 1.80 bits per heavy atom. The van der Waals surface area contributed by atoms with Crippen LogP contribution in [0.25, 0.3) is 33.5 Å². The summed E-state index contributed by atoms with van der Waals surface area (Å²) in [7, 11) is 0. The smallest absolute Gasteiger partial charge is 0.181 e. The SMILES string of the molecule is C=C(C)Cc1nc(-c2ccc3[nH]nc(-c4ccc(F)cc4)c3c2)n[nH]1. The van der Waals surface area contributed by atoms with Gasteiger partial charge in [0.2, 0.25) is 0 Å². The number of aromatic amines is 2. The first kappa shape index (κ1) is 15.3. The van der Waals surface area contributed by atoms with Crippen molar-refractivity contribution in [2.45, 2.75) is 13.3 Å². The highest BCUT2D eigenvalue weighted by molar-refractivity contribution is 5.95. The van der Waals surface area contributed by atoms with Gasteiger partial charge in [0.05, 0.1) is 11.2 Å². The molecular formula is C19H16FN5. The average Bonchev–Trinajstić information content (AvgIpc) is 3.21. The summed E-state index contributed by atoms with van der Waals surface area (Å²) in [5.41, 5.74) is 4.44. The van der Waals surface area contributed by atoms with Crippen LogP contribution in [0.3, 0.4) is 0 Å². The van der Waals surface area contributed by atoms with Gasteiger partial charge in [-0.25, -0.2) is 9.37 Å². The highest BCUT2D eigenvalue weighted by Crippen LogP contribution is 2.29. The summed E-state index contributed by atoms with van der Waals surface area (Å²) in [6.07, 6.45) is 0.668. The first-order valence-corrected chi connectivity index (χ1v) is 7.90. The molecular weight excluding hydrogens is 317 g/mol. The van der Waals surface area contributed by atoms with Gasteiger partial charge in [-0.1, -0.05) is 12.2 Å². The second kappa shape index (κ2) is 5.98. The first-order valence-electron chi connectivity index (χ1n) is 7.90. The third-order valence-electron chi connectivity index (χ3n) is 3.94. The molecule has 0 radical (unpaired) electrons. The third-order valence-corrected chi connectivity index (χ3v) is 3.94. The number of H-pyrrole nitrogens is 2. The van der Waals surface area contributed by atoms with E-state index < -0.39 is 0 Å². The molecule has 2 N–H and O–H groups in total. The molecule has 25 heavy (non-hydrogen) atoms. The molecule has 6 heteroatoms. The molecule has 4 rings (SSSR count). The van der Waals surface area contributed by atoms with Crippen molar-refractivity contribution in [3.05, 3.63) is 66.3 Å². The Morgan fingerprint density at radius 1 is 1.04 bits per heavy atom. The summed E-state index contributed by atoms with van der Waals surface area (Å²) in [5, 5.41) is 15.5. The van der Waals surface area contributed by atoms with Crippen LogP contribution in [-0.4, -0.2) is 25.4 Å². The molecule has 2 aromatic carbocycles. The number of benzene rings is 2. The lowest BCUT2D eigenvalue weighted by Gasteiger charge is -2.00. The van der Waals surface area contributed by atoms with Gasteiger partial charge >= 0.3 is 0 Å². The van der Waals surface area contributed by atoms with E-state index in [0.29, 0.717) is 12.2 Å². The topological polar surface area (TPSA) is 70.2 Å². The number of nitrogens with one attached hydrogen (secondary N) is 2. The average molecular weight is 333 g/mol. The molecule has 5 nitrogen and oxygen atoms in total. The Morgan fingerprint density at radius 3 is 2.56 bits per heavy atom. The van der Waals surface area contributed by atoms with Crippen LogP contribution in [0.5, 0.6) is 0 Å². The standard InChI is InChI=1S/C19H16FN5/c1-11(2)9-17-21-19(25-23-17)13-5-8-16-15(10-13)18(24-22-16)12-3-6-14(20)7-4-12/h3-8,10H,1,9H2,2H3,(H,22,24)(H,21,23,25). The minimum absolute atomic E-state index is 0.268. The molecule has 0 unspecified atom stereocenters. The van der Waals surface area contributed by atoms with E-state index in [-0.39, 0.29) is 5.82 Å². The summed E-state index contributed by atoms with van der Waals surface area (Å²) in [6, 6.07) is 12.2. The number of aromatic nitrogens is 5. The molecule has 0 saturated heterocycles. The van der Waals surface area contributed by atoms with E-state index in [0.717, 1.165) is 39.1 Å². The summed E-state index contributed by atoms with van der Waals surface area (Å²) < 4.78 is 13.2. The largest absolute Gasteiger partial charge is 0.277 e. The quantitative estimate of drug-likeness (QED) is 0.548. The minimum atomic E-state index is -0.268. The van der Waals surface area contributed by atoms with Crippen LogP contribution < -0.4 is 0 Å². The van der Waals surface area contributed by atoms with Gasteiger partial charge < -0.3 is 0 Å². The van der Waals surface area contributed by atoms with Crippen molar-refractivity contribution in [1.82, 2.24) is 25.4 Å². The van der Waals surface area contributed by atoms with Crippen LogP contribution in [-0.2, 0) is 6.42 Å². The fraction of sp³-hybridized carbons (Fsp3) is 0.105. The second-order valence-electron chi connectivity index (χ2n) is 6.08. The lowest BCUT2D eigenvalue weighted by molar-refractivity contribution is 0.628. The maximum Gasteiger partial charge on any atom is 0.181 e. The number of halogens is 1. The normalized spacial score (nSPS) is 11.1. The summed E-state index contributed by atoms with van der Waals surface area (Å²) >= 11 is 0. The van der Waals surface area contributed by atoms with Gasteiger partial charge in [0, 0.05) is 22.9 Å². The number of hydrogen-bond acceptors (Lipinski definition) is 3. The molecule has 4 aromatic rings. The number of allylic oxidation sites excluding steroid dienone is 1. The molecule has 124 valence electrons. The van der Waals surface area contributed by atoms with Crippen molar-refractivity contribution in [2.75, 3.05) is 0 Å². The fourth-order valence-corrected chi connectivity index (χ4v) is 2.77.